The van der Waals surface area contributed by atoms with Gasteiger partial charge in [0.2, 0.25) is 0 Å². The lowest BCUT2D eigenvalue weighted by molar-refractivity contribution is 0.128. The van der Waals surface area contributed by atoms with Crippen LogP contribution in [0.1, 0.15) is 47.5 Å². The molecule has 1 saturated heterocycles. The molecule has 2 nitrogen and oxygen atoms in total. The predicted molar refractivity (Wildman–Crippen MR) is 77.8 cm³/mol. The van der Waals surface area contributed by atoms with Gasteiger partial charge in [0.15, 0.2) is 0 Å². The van der Waals surface area contributed by atoms with Crippen molar-refractivity contribution >= 4 is 11.8 Å². The third kappa shape index (κ3) is 6.68. The van der Waals surface area contributed by atoms with Gasteiger partial charge in [0.05, 0.1) is 6.10 Å². The van der Waals surface area contributed by atoms with Gasteiger partial charge in [-0.3, -0.25) is 0 Å². The number of rotatable bonds is 6. The maximum atomic E-state index is 5.69. The van der Waals surface area contributed by atoms with E-state index in [9.17, 15) is 0 Å². The summed E-state index contributed by atoms with van der Waals surface area (Å²) >= 11 is 2.08. The molecule has 0 aromatic heterocycles. The number of nitrogens with one attached hydrogen (secondary N) is 1. The normalized spacial score (nSPS) is 23.3. The summed E-state index contributed by atoms with van der Waals surface area (Å²) < 4.78 is 5.69. The summed E-state index contributed by atoms with van der Waals surface area (Å²) in [4.78, 5) is 0. The molecule has 2 atom stereocenters. The Bertz CT molecular complexity index is 207. The molecule has 0 amide bonds. The number of hydrogen-bond acceptors (Lipinski definition) is 3. The third-order valence-electron chi connectivity index (χ3n) is 3.10. The van der Waals surface area contributed by atoms with Crippen LogP contribution in [0.5, 0.6) is 0 Å². The average molecular weight is 259 g/mol. The molecule has 0 saturated carbocycles. The van der Waals surface area contributed by atoms with Crippen molar-refractivity contribution in [1.29, 1.82) is 0 Å². The van der Waals surface area contributed by atoms with Gasteiger partial charge in [-0.05, 0) is 39.5 Å². The molecule has 17 heavy (non-hydrogen) atoms. The topological polar surface area (TPSA) is 21.3 Å². The van der Waals surface area contributed by atoms with Gasteiger partial charge in [0.1, 0.15) is 0 Å². The molecule has 1 aliphatic heterocycles. The molecule has 0 aliphatic carbocycles. The van der Waals surface area contributed by atoms with Crippen LogP contribution in [0.15, 0.2) is 0 Å². The fourth-order valence-corrected chi connectivity index (χ4v) is 3.21. The smallest absolute Gasteiger partial charge is 0.0666 e. The third-order valence-corrected chi connectivity index (χ3v) is 4.80. The van der Waals surface area contributed by atoms with Crippen molar-refractivity contribution in [2.24, 2.45) is 5.92 Å². The molecular weight excluding hydrogens is 230 g/mol. The van der Waals surface area contributed by atoms with E-state index in [4.69, 9.17) is 4.74 Å². The van der Waals surface area contributed by atoms with Crippen LogP contribution < -0.4 is 5.32 Å². The van der Waals surface area contributed by atoms with Crippen molar-refractivity contribution in [2.75, 3.05) is 18.9 Å². The molecule has 102 valence electrons. The van der Waals surface area contributed by atoms with Crippen molar-refractivity contribution in [3.8, 4) is 0 Å². The van der Waals surface area contributed by atoms with E-state index >= 15 is 0 Å². The van der Waals surface area contributed by atoms with Gasteiger partial charge in [-0.1, -0.05) is 13.8 Å². The van der Waals surface area contributed by atoms with Gasteiger partial charge in [-0.15, -0.1) is 0 Å². The Morgan fingerprint density at radius 3 is 2.53 bits per heavy atom. The first-order valence-electron chi connectivity index (χ1n) is 6.87. The molecule has 1 fully saturated rings. The summed E-state index contributed by atoms with van der Waals surface area (Å²) in [5, 5.41) is 4.31. The Labute approximate surface area is 111 Å². The number of thioether (sulfide) groups is 1. The Morgan fingerprint density at radius 1 is 1.35 bits per heavy atom. The first-order chi connectivity index (χ1) is 7.88. The maximum absolute atomic E-state index is 5.69. The Hall–Kier alpha value is 0.270. The minimum Gasteiger partial charge on any atom is -0.377 e. The summed E-state index contributed by atoms with van der Waals surface area (Å²) in [6, 6.07) is 0. The molecule has 3 heteroatoms. The van der Waals surface area contributed by atoms with Crippen LogP contribution in [0.3, 0.4) is 0 Å². The molecule has 1 rings (SSSR count). The minimum absolute atomic E-state index is 0.220. The van der Waals surface area contributed by atoms with Crippen molar-refractivity contribution in [1.82, 2.24) is 5.32 Å². The first-order valence-corrected chi connectivity index (χ1v) is 7.91. The lowest BCUT2D eigenvalue weighted by atomic mass is 10.1. The quantitative estimate of drug-likeness (QED) is 0.791. The van der Waals surface area contributed by atoms with Gasteiger partial charge < -0.3 is 10.1 Å². The first kappa shape index (κ1) is 15.3. The Morgan fingerprint density at radius 2 is 2.06 bits per heavy atom. The van der Waals surface area contributed by atoms with E-state index in [0.717, 1.165) is 24.8 Å². The summed E-state index contributed by atoms with van der Waals surface area (Å²) in [7, 11) is 0. The van der Waals surface area contributed by atoms with Crippen LogP contribution in [-0.2, 0) is 4.74 Å². The van der Waals surface area contributed by atoms with E-state index in [-0.39, 0.29) is 5.54 Å². The monoisotopic (exact) mass is 259 g/mol. The molecule has 0 aromatic carbocycles. The van der Waals surface area contributed by atoms with Gasteiger partial charge in [-0.25, -0.2) is 0 Å². The Balaban J connectivity index is 2.27. The second-order valence-corrected chi connectivity index (χ2v) is 7.65. The molecular formula is C14H29NOS. The maximum Gasteiger partial charge on any atom is 0.0666 e. The van der Waals surface area contributed by atoms with Gasteiger partial charge in [0, 0.05) is 29.7 Å². The zero-order chi connectivity index (χ0) is 12.9. The van der Waals surface area contributed by atoms with E-state index in [1.165, 1.54) is 12.8 Å². The molecule has 1 heterocycles. The van der Waals surface area contributed by atoms with E-state index in [0.29, 0.717) is 11.4 Å². The lowest BCUT2D eigenvalue weighted by Gasteiger charge is -2.27. The van der Waals surface area contributed by atoms with Crippen LogP contribution in [0.25, 0.3) is 0 Å². The van der Waals surface area contributed by atoms with Crippen LogP contribution in [0.4, 0.5) is 0 Å². The standard InChI is InChI=1S/C14H29NOS/c1-11(2)13(9-15-14(3,4)5)17-10-12-7-6-8-16-12/h11-13,15H,6-10H2,1-5H3. The number of ether oxygens (including phenoxy) is 1. The SMILES string of the molecule is CC(C)C(CNC(C)(C)C)SCC1CCCO1. The zero-order valence-electron chi connectivity index (χ0n) is 12.1. The van der Waals surface area contributed by atoms with Crippen LogP contribution >= 0.6 is 11.8 Å². The van der Waals surface area contributed by atoms with Crippen molar-refractivity contribution in [3.63, 3.8) is 0 Å². The molecule has 1 N–H and O–H groups in total. The fourth-order valence-electron chi connectivity index (χ4n) is 1.90. The average Bonchev–Trinajstić information content (AvgIpc) is 2.68. The minimum atomic E-state index is 0.220. The van der Waals surface area contributed by atoms with Crippen molar-refractivity contribution < 1.29 is 4.74 Å². The molecule has 2 unspecified atom stereocenters. The van der Waals surface area contributed by atoms with Gasteiger partial charge in [0.25, 0.3) is 0 Å². The number of hydrogen-bond donors (Lipinski definition) is 1. The summed E-state index contributed by atoms with van der Waals surface area (Å²) in [6.45, 7) is 13.4. The zero-order valence-corrected chi connectivity index (χ0v) is 12.9. The Kier molecular flexibility index (Phi) is 6.32. The summed E-state index contributed by atoms with van der Waals surface area (Å²) in [5.74, 6) is 1.88. The highest BCUT2D eigenvalue weighted by atomic mass is 32.2. The van der Waals surface area contributed by atoms with Crippen molar-refractivity contribution in [2.45, 2.75) is 64.4 Å². The molecule has 0 spiro atoms. The van der Waals surface area contributed by atoms with E-state index in [2.05, 4.69) is 51.7 Å². The largest absolute Gasteiger partial charge is 0.377 e. The van der Waals surface area contributed by atoms with E-state index in [1.807, 2.05) is 0 Å². The van der Waals surface area contributed by atoms with E-state index in [1.54, 1.807) is 0 Å². The highest BCUT2D eigenvalue weighted by Gasteiger charge is 2.21. The van der Waals surface area contributed by atoms with E-state index < -0.39 is 0 Å². The second-order valence-electron chi connectivity index (χ2n) is 6.38. The van der Waals surface area contributed by atoms with Crippen LogP contribution in [0, 0.1) is 5.92 Å². The summed E-state index contributed by atoms with van der Waals surface area (Å²) in [5.41, 5.74) is 0.220. The van der Waals surface area contributed by atoms with Crippen LogP contribution in [-0.4, -0.2) is 35.8 Å². The summed E-state index contributed by atoms with van der Waals surface area (Å²) in [6.07, 6.45) is 3.01. The van der Waals surface area contributed by atoms with Crippen molar-refractivity contribution in [3.05, 3.63) is 0 Å². The second kappa shape index (κ2) is 7.01. The molecule has 0 aromatic rings. The van der Waals surface area contributed by atoms with Crippen LogP contribution in [0.2, 0.25) is 0 Å². The highest BCUT2D eigenvalue weighted by Crippen LogP contribution is 2.24. The highest BCUT2D eigenvalue weighted by molar-refractivity contribution is 8.00. The molecule has 0 radical (unpaired) electrons. The predicted octanol–water partition coefficient (Wildman–Crippen LogP) is 3.31. The molecule has 0 bridgehead atoms. The molecule has 1 aliphatic rings. The van der Waals surface area contributed by atoms with Gasteiger partial charge >= 0.3 is 0 Å². The van der Waals surface area contributed by atoms with Gasteiger partial charge in [-0.2, -0.15) is 11.8 Å². The fraction of sp³-hybridized carbons (Fsp3) is 1.00. The lowest BCUT2D eigenvalue weighted by Crippen LogP contribution is -2.41.